The highest BCUT2D eigenvalue weighted by atomic mass is 35.5. The van der Waals surface area contributed by atoms with Gasteiger partial charge in [-0.25, -0.2) is 0 Å². The van der Waals surface area contributed by atoms with E-state index in [0.717, 1.165) is 29.4 Å². The summed E-state index contributed by atoms with van der Waals surface area (Å²) >= 11 is 7.57. The molecule has 2 heterocycles. The predicted molar refractivity (Wildman–Crippen MR) is 73.7 cm³/mol. The van der Waals surface area contributed by atoms with Crippen LogP contribution in [0.2, 0.25) is 4.34 Å². The fraction of sp³-hybridized carbons (Fsp3) is 0.692. The first-order valence-corrected chi connectivity index (χ1v) is 7.69. The van der Waals surface area contributed by atoms with E-state index in [4.69, 9.17) is 11.6 Å². The standard InChI is InChI=1S/C13H19ClN2S/c14-13-4-3-12(17-13)8-15-5-6-16-9-10-1-2-11(16)7-10/h3-4,10-11,15H,1-2,5-9H2. The molecule has 0 aromatic carbocycles. The van der Waals surface area contributed by atoms with Gasteiger partial charge in [-0.3, -0.25) is 4.90 Å². The number of fused-ring (bicyclic) bond motifs is 2. The molecular formula is C13H19ClN2S. The van der Waals surface area contributed by atoms with E-state index in [-0.39, 0.29) is 0 Å². The predicted octanol–water partition coefficient (Wildman–Crippen LogP) is 2.98. The van der Waals surface area contributed by atoms with Gasteiger partial charge in [-0.05, 0) is 37.3 Å². The summed E-state index contributed by atoms with van der Waals surface area (Å²) in [5.41, 5.74) is 0. The molecule has 2 bridgehead atoms. The van der Waals surface area contributed by atoms with E-state index in [1.807, 2.05) is 6.07 Å². The summed E-state index contributed by atoms with van der Waals surface area (Å²) in [6, 6.07) is 4.98. The van der Waals surface area contributed by atoms with Crippen LogP contribution in [0.1, 0.15) is 24.1 Å². The Hall–Kier alpha value is -0.0900. The third-order valence-corrected chi connectivity index (χ3v) is 5.26. The summed E-state index contributed by atoms with van der Waals surface area (Å²) < 4.78 is 0.888. The van der Waals surface area contributed by atoms with Crippen molar-refractivity contribution in [2.45, 2.75) is 31.8 Å². The third-order valence-electron chi connectivity index (χ3n) is 4.03. The van der Waals surface area contributed by atoms with Crippen LogP contribution in [0, 0.1) is 5.92 Å². The second-order valence-electron chi connectivity index (χ2n) is 5.21. The van der Waals surface area contributed by atoms with Crippen LogP contribution in [0.4, 0.5) is 0 Å². The third kappa shape index (κ3) is 2.84. The van der Waals surface area contributed by atoms with Gasteiger partial charge >= 0.3 is 0 Å². The maximum absolute atomic E-state index is 5.90. The summed E-state index contributed by atoms with van der Waals surface area (Å²) in [6.07, 6.45) is 4.37. The van der Waals surface area contributed by atoms with Gasteiger partial charge in [0.05, 0.1) is 4.34 Å². The molecule has 1 aliphatic carbocycles. The van der Waals surface area contributed by atoms with Crippen LogP contribution < -0.4 is 5.32 Å². The Morgan fingerprint density at radius 1 is 1.41 bits per heavy atom. The Kier molecular flexibility index (Phi) is 3.71. The molecule has 1 aliphatic heterocycles. The van der Waals surface area contributed by atoms with Crippen LogP contribution in [0.3, 0.4) is 0 Å². The van der Waals surface area contributed by atoms with Gasteiger partial charge in [0.1, 0.15) is 0 Å². The van der Waals surface area contributed by atoms with Crippen molar-refractivity contribution in [3.05, 3.63) is 21.3 Å². The number of thiophene rings is 1. The number of likely N-dealkylation sites (tertiary alicyclic amines) is 1. The molecule has 0 radical (unpaired) electrons. The van der Waals surface area contributed by atoms with Gasteiger partial charge in [0.25, 0.3) is 0 Å². The van der Waals surface area contributed by atoms with Crippen LogP contribution in [0.5, 0.6) is 0 Å². The minimum atomic E-state index is 0.888. The fourth-order valence-electron chi connectivity index (χ4n) is 3.18. The molecule has 2 aliphatic rings. The van der Waals surface area contributed by atoms with Crippen molar-refractivity contribution in [2.75, 3.05) is 19.6 Å². The maximum atomic E-state index is 5.90. The number of rotatable bonds is 5. The lowest BCUT2D eigenvalue weighted by Crippen LogP contribution is -2.37. The minimum Gasteiger partial charge on any atom is -0.311 e. The smallest absolute Gasteiger partial charge is 0.0931 e. The zero-order valence-electron chi connectivity index (χ0n) is 9.99. The van der Waals surface area contributed by atoms with Crippen molar-refractivity contribution in [1.82, 2.24) is 10.2 Å². The molecule has 17 heavy (non-hydrogen) atoms. The SMILES string of the molecule is Clc1ccc(CNCCN2CC3CCC2C3)s1. The second-order valence-corrected chi connectivity index (χ2v) is 7.01. The largest absolute Gasteiger partial charge is 0.311 e. The molecular weight excluding hydrogens is 252 g/mol. The monoisotopic (exact) mass is 270 g/mol. The molecule has 1 saturated carbocycles. The van der Waals surface area contributed by atoms with Crippen molar-refractivity contribution in [1.29, 1.82) is 0 Å². The summed E-state index contributed by atoms with van der Waals surface area (Å²) in [4.78, 5) is 4.00. The lowest BCUT2D eigenvalue weighted by atomic mass is 10.1. The molecule has 0 amide bonds. The topological polar surface area (TPSA) is 15.3 Å². The molecule has 3 rings (SSSR count). The average Bonchev–Trinajstić information content (AvgIpc) is 3.00. The van der Waals surface area contributed by atoms with E-state index in [9.17, 15) is 0 Å². The first kappa shape index (κ1) is 12.0. The second kappa shape index (κ2) is 5.27. The van der Waals surface area contributed by atoms with E-state index in [0.29, 0.717) is 0 Å². The number of nitrogens with one attached hydrogen (secondary N) is 1. The summed E-state index contributed by atoms with van der Waals surface area (Å²) in [5.74, 6) is 1.01. The molecule has 94 valence electrons. The number of nitrogens with zero attached hydrogens (tertiary/aromatic N) is 1. The number of piperidine rings is 1. The lowest BCUT2D eigenvalue weighted by molar-refractivity contribution is 0.214. The molecule has 1 aromatic heterocycles. The van der Waals surface area contributed by atoms with Crippen LogP contribution in [-0.2, 0) is 6.54 Å². The quantitative estimate of drug-likeness (QED) is 0.828. The molecule has 2 nitrogen and oxygen atoms in total. The number of hydrogen-bond acceptors (Lipinski definition) is 3. The highest BCUT2D eigenvalue weighted by Gasteiger charge is 2.36. The van der Waals surface area contributed by atoms with E-state index >= 15 is 0 Å². The van der Waals surface area contributed by atoms with Gasteiger partial charge in [0.2, 0.25) is 0 Å². The fourth-order valence-corrected chi connectivity index (χ4v) is 4.24. The van der Waals surface area contributed by atoms with Gasteiger partial charge in [0, 0.05) is 37.1 Å². The Morgan fingerprint density at radius 3 is 3.00 bits per heavy atom. The van der Waals surface area contributed by atoms with E-state index < -0.39 is 0 Å². The summed E-state index contributed by atoms with van der Waals surface area (Å²) in [6.45, 7) is 4.61. The van der Waals surface area contributed by atoms with Crippen molar-refractivity contribution in [2.24, 2.45) is 5.92 Å². The van der Waals surface area contributed by atoms with Crippen molar-refractivity contribution in [3.8, 4) is 0 Å². The Labute approximate surface area is 112 Å². The van der Waals surface area contributed by atoms with E-state index in [2.05, 4.69) is 16.3 Å². The van der Waals surface area contributed by atoms with E-state index in [1.165, 1.54) is 37.2 Å². The molecule has 4 heteroatoms. The lowest BCUT2D eigenvalue weighted by Gasteiger charge is -2.26. The molecule has 2 atom stereocenters. The number of hydrogen-bond donors (Lipinski definition) is 1. The highest BCUT2D eigenvalue weighted by Crippen LogP contribution is 2.36. The van der Waals surface area contributed by atoms with Gasteiger partial charge < -0.3 is 5.32 Å². The molecule has 1 saturated heterocycles. The van der Waals surface area contributed by atoms with Gasteiger partial charge in [-0.2, -0.15) is 0 Å². The molecule has 1 aromatic rings. The van der Waals surface area contributed by atoms with Crippen LogP contribution >= 0.6 is 22.9 Å². The first-order valence-electron chi connectivity index (χ1n) is 6.50. The van der Waals surface area contributed by atoms with Crippen LogP contribution in [0.25, 0.3) is 0 Å². The zero-order chi connectivity index (χ0) is 11.7. The normalized spacial score (nSPS) is 28.1. The van der Waals surface area contributed by atoms with Crippen molar-refractivity contribution >= 4 is 22.9 Å². The molecule has 1 N–H and O–H groups in total. The maximum Gasteiger partial charge on any atom is 0.0931 e. The highest BCUT2D eigenvalue weighted by molar-refractivity contribution is 7.16. The molecule has 0 spiro atoms. The van der Waals surface area contributed by atoms with Gasteiger partial charge in [-0.15, -0.1) is 11.3 Å². The van der Waals surface area contributed by atoms with Crippen molar-refractivity contribution in [3.63, 3.8) is 0 Å². The van der Waals surface area contributed by atoms with Gasteiger partial charge in [0.15, 0.2) is 0 Å². The van der Waals surface area contributed by atoms with E-state index in [1.54, 1.807) is 11.3 Å². The molecule has 2 unspecified atom stereocenters. The molecule has 2 fully saturated rings. The summed E-state index contributed by atoms with van der Waals surface area (Å²) in [5, 5.41) is 3.51. The Morgan fingerprint density at radius 2 is 2.35 bits per heavy atom. The zero-order valence-corrected chi connectivity index (χ0v) is 11.6. The van der Waals surface area contributed by atoms with Crippen molar-refractivity contribution < 1.29 is 0 Å². The summed E-state index contributed by atoms with van der Waals surface area (Å²) in [7, 11) is 0. The first-order chi connectivity index (χ1) is 8.31. The van der Waals surface area contributed by atoms with Crippen LogP contribution in [-0.4, -0.2) is 30.6 Å². The average molecular weight is 271 g/mol. The van der Waals surface area contributed by atoms with Gasteiger partial charge in [-0.1, -0.05) is 11.6 Å². The number of halogens is 1. The Balaban J connectivity index is 1.36. The Bertz CT molecular complexity index is 379. The minimum absolute atomic E-state index is 0.888. The van der Waals surface area contributed by atoms with Crippen LogP contribution in [0.15, 0.2) is 12.1 Å².